The zero-order chi connectivity index (χ0) is 14.2. The molecule has 0 aromatic heterocycles. The average Bonchev–Trinajstić information content (AvgIpc) is 2.83. The molecule has 0 amide bonds. The fraction of sp³-hybridized carbons (Fsp3) is 0.533. The highest BCUT2D eigenvalue weighted by Gasteiger charge is 2.52. The molecule has 2 heterocycles. The van der Waals surface area contributed by atoms with Crippen LogP contribution in [0.2, 0.25) is 0 Å². The largest absolute Gasteiger partial charge is 0.624 e. The zero-order valence-electron chi connectivity index (χ0n) is 11.7. The highest BCUT2D eigenvalue weighted by molar-refractivity contribution is 5.87. The lowest BCUT2D eigenvalue weighted by Gasteiger charge is -2.18. The predicted octanol–water partition coefficient (Wildman–Crippen LogP) is 1.69. The maximum Gasteiger partial charge on any atom is 0.221 e. The molecule has 2 aliphatic heterocycles. The minimum Gasteiger partial charge on any atom is -0.624 e. The summed E-state index contributed by atoms with van der Waals surface area (Å²) < 4.78 is 18.1. The molecule has 0 N–H and O–H groups in total. The third-order valence-corrected chi connectivity index (χ3v) is 3.54. The second-order valence-corrected chi connectivity index (χ2v) is 5.63. The van der Waals surface area contributed by atoms with Crippen LogP contribution in [-0.2, 0) is 20.8 Å². The van der Waals surface area contributed by atoms with E-state index in [0.29, 0.717) is 18.9 Å². The van der Waals surface area contributed by atoms with Crippen molar-refractivity contribution in [3.63, 3.8) is 0 Å². The molecule has 0 saturated carbocycles. The predicted molar refractivity (Wildman–Crippen MR) is 73.4 cm³/mol. The van der Waals surface area contributed by atoms with Crippen LogP contribution in [0.1, 0.15) is 19.4 Å². The maximum absolute atomic E-state index is 11.9. The molecule has 0 aliphatic carbocycles. The summed E-state index contributed by atoms with van der Waals surface area (Å²) in [6.07, 6.45) is -0.462. The molecule has 2 atom stereocenters. The number of hydrogen-bond donors (Lipinski definition) is 0. The van der Waals surface area contributed by atoms with E-state index in [2.05, 4.69) is 0 Å². The molecule has 0 spiro atoms. The molecule has 108 valence electrons. The van der Waals surface area contributed by atoms with Crippen LogP contribution in [0.4, 0.5) is 0 Å². The smallest absolute Gasteiger partial charge is 0.221 e. The number of fused-ring (bicyclic) bond motifs is 1. The number of rotatable bonds is 4. The van der Waals surface area contributed by atoms with Gasteiger partial charge in [0.2, 0.25) is 5.71 Å². The van der Waals surface area contributed by atoms with E-state index in [9.17, 15) is 5.21 Å². The van der Waals surface area contributed by atoms with Gasteiger partial charge in [-0.05, 0) is 19.4 Å². The Bertz CT molecular complexity index is 512. The van der Waals surface area contributed by atoms with Gasteiger partial charge in [-0.1, -0.05) is 30.3 Å². The lowest BCUT2D eigenvalue weighted by molar-refractivity contribution is -0.462. The topological polar surface area (TPSA) is 53.8 Å². The van der Waals surface area contributed by atoms with Crippen molar-refractivity contribution in [3.05, 3.63) is 41.1 Å². The number of ether oxygens (including phenoxy) is 3. The monoisotopic (exact) mass is 277 g/mol. The number of benzene rings is 1. The van der Waals surface area contributed by atoms with Crippen molar-refractivity contribution in [3.8, 4) is 0 Å². The first-order chi connectivity index (χ1) is 9.55. The quantitative estimate of drug-likeness (QED) is 0.621. The Morgan fingerprint density at radius 3 is 2.75 bits per heavy atom. The van der Waals surface area contributed by atoms with Gasteiger partial charge in [-0.15, -0.1) is 0 Å². The van der Waals surface area contributed by atoms with Gasteiger partial charge in [0.1, 0.15) is 6.61 Å². The Labute approximate surface area is 118 Å². The summed E-state index contributed by atoms with van der Waals surface area (Å²) in [7, 11) is 0. The molecule has 3 rings (SSSR count). The lowest BCUT2D eigenvalue weighted by Crippen LogP contribution is -2.31. The molecule has 5 nitrogen and oxygen atoms in total. The van der Waals surface area contributed by atoms with Gasteiger partial charge in [-0.2, -0.15) is 0 Å². The Balaban J connectivity index is 1.59. The van der Waals surface area contributed by atoms with E-state index < -0.39 is 5.79 Å². The fourth-order valence-electron chi connectivity index (χ4n) is 2.68. The second-order valence-electron chi connectivity index (χ2n) is 5.63. The summed E-state index contributed by atoms with van der Waals surface area (Å²) in [4.78, 5) is 0. The van der Waals surface area contributed by atoms with Crippen molar-refractivity contribution < 1.29 is 18.9 Å². The normalized spacial score (nSPS) is 27.9. The van der Waals surface area contributed by atoms with Crippen LogP contribution < -0.4 is 0 Å². The molecular weight excluding hydrogens is 258 g/mol. The number of hydroxylamine groups is 1. The Hall–Kier alpha value is -1.43. The fourth-order valence-corrected chi connectivity index (χ4v) is 2.68. The molecule has 0 unspecified atom stereocenters. The van der Waals surface area contributed by atoms with Gasteiger partial charge in [0.05, 0.1) is 6.61 Å². The van der Waals surface area contributed by atoms with Crippen LogP contribution in [-0.4, -0.2) is 41.6 Å². The second kappa shape index (κ2) is 5.16. The van der Waals surface area contributed by atoms with Gasteiger partial charge in [-0.25, -0.2) is 4.74 Å². The molecular formula is C15H19NO4. The number of hydrogen-bond acceptors (Lipinski definition) is 4. The molecule has 1 fully saturated rings. The molecule has 2 aliphatic rings. The van der Waals surface area contributed by atoms with Crippen LogP contribution in [0.25, 0.3) is 0 Å². The summed E-state index contributed by atoms with van der Waals surface area (Å²) in [5, 5.41) is 11.9. The SMILES string of the molecule is CC1(C)O[C@@H]2C[N+]([O-])=C(COCc3ccccc3)[C@@H]2O1. The Kier molecular flexibility index (Phi) is 3.50. The lowest BCUT2D eigenvalue weighted by atomic mass is 10.2. The van der Waals surface area contributed by atoms with Gasteiger partial charge < -0.3 is 19.4 Å². The summed E-state index contributed by atoms with van der Waals surface area (Å²) >= 11 is 0. The molecule has 20 heavy (non-hydrogen) atoms. The molecule has 1 aromatic carbocycles. The molecule has 0 bridgehead atoms. The molecule has 1 aromatic rings. The summed E-state index contributed by atoms with van der Waals surface area (Å²) in [6.45, 7) is 4.81. The first-order valence-corrected chi connectivity index (χ1v) is 6.83. The Morgan fingerprint density at radius 2 is 2.00 bits per heavy atom. The highest BCUT2D eigenvalue weighted by Crippen LogP contribution is 2.32. The van der Waals surface area contributed by atoms with E-state index >= 15 is 0 Å². The summed E-state index contributed by atoms with van der Waals surface area (Å²) in [6, 6.07) is 9.89. The van der Waals surface area contributed by atoms with Crippen LogP contribution >= 0.6 is 0 Å². The molecule has 5 heteroatoms. The van der Waals surface area contributed by atoms with Crippen molar-refractivity contribution in [2.75, 3.05) is 13.2 Å². The standard InChI is InChI=1S/C15H19NO4/c1-15(2)19-13-8-16(17)12(14(13)20-15)10-18-9-11-6-4-3-5-7-11/h3-7,13-14H,8-10H2,1-2H3/t13-,14+/m1/s1. The van der Waals surface area contributed by atoms with Crippen molar-refractivity contribution >= 4 is 5.71 Å². The van der Waals surface area contributed by atoms with Gasteiger partial charge in [0.15, 0.2) is 24.5 Å². The third kappa shape index (κ3) is 2.70. The number of nitrogens with zero attached hydrogens (tertiary/aromatic N) is 1. The molecule has 0 radical (unpaired) electrons. The van der Waals surface area contributed by atoms with Crippen LogP contribution in [0, 0.1) is 5.21 Å². The van der Waals surface area contributed by atoms with E-state index in [4.69, 9.17) is 14.2 Å². The van der Waals surface area contributed by atoms with Gasteiger partial charge in [0, 0.05) is 0 Å². The van der Waals surface area contributed by atoms with Crippen molar-refractivity contribution in [2.24, 2.45) is 0 Å². The minimum absolute atomic E-state index is 0.183. The van der Waals surface area contributed by atoms with Crippen molar-refractivity contribution in [1.29, 1.82) is 0 Å². The zero-order valence-corrected chi connectivity index (χ0v) is 11.7. The van der Waals surface area contributed by atoms with Gasteiger partial charge in [-0.3, -0.25) is 0 Å². The first-order valence-electron chi connectivity index (χ1n) is 6.83. The van der Waals surface area contributed by atoms with E-state index in [1.807, 2.05) is 44.2 Å². The maximum atomic E-state index is 11.9. The summed E-state index contributed by atoms with van der Waals surface area (Å²) in [5.74, 6) is -0.624. The molecule has 1 saturated heterocycles. The van der Waals surface area contributed by atoms with E-state index in [-0.39, 0.29) is 18.8 Å². The average molecular weight is 277 g/mol. The van der Waals surface area contributed by atoms with Crippen LogP contribution in [0.5, 0.6) is 0 Å². The van der Waals surface area contributed by atoms with E-state index in [1.54, 1.807) is 0 Å². The van der Waals surface area contributed by atoms with Crippen molar-refractivity contribution in [2.45, 2.75) is 38.4 Å². The van der Waals surface area contributed by atoms with E-state index in [0.717, 1.165) is 10.3 Å². The highest BCUT2D eigenvalue weighted by atomic mass is 16.8. The van der Waals surface area contributed by atoms with Gasteiger partial charge >= 0.3 is 0 Å². The summed E-state index contributed by atoms with van der Waals surface area (Å²) in [5.41, 5.74) is 1.71. The van der Waals surface area contributed by atoms with E-state index in [1.165, 1.54) is 0 Å². The van der Waals surface area contributed by atoms with Crippen LogP contribution in [0.3, 0.4) is 0 Å². The van der Waals surface area contributed by atoms with Gasteiger partial charge in [0.25, 0.3) is 0 Å². The first kappa shape index (κ1) is 13.5. The van der Waals surface area contributed by atoms with Crippen LogP contribution in [0.15, 0.2) is 30.3 Å². The van der Waals surface area contributed by atoms with Crippen molar-refractivity contribution in [1.82, 2.24) is 0 Å². The minimum atomic E-state index is -0.624. The third-order valence-electron chi connectivity index (χ3n) is 3.54. The Morgan fingerprint density at radius 1 is 1.25 bits per heavy atom.